The summed E-state index contributed by atoms with van der Waals surface area (Å²) >= 11 is 5.83. The van der Waals surface area contributed by atoms with Crippen LogP contribution in [-0.4, -0.2) is 31.2 Å². The molecule has 0 bridgehead atoms. The number of hydrogen-bond donors (Lipinski definition) is 2. The van der Waals surface area contributed by atoms with Crippen LogP contribution in [0.4, 0.5) is 4.39 Å². The molecule has 0 aliphatic heterocycles. The summed E-state index contributed by atoms with van der Waals surface area (Å²) in [5.74, 6) is -1.86. The van der Waals surface area contributed by atoms with Gasteiger partial charge in [-0.3, -0.25) is 9.35 Å². The van der Waals surface area contributed by atoms with Crippen molar-refractivity contribution >= 4 is 27.6 Å². The van der Waals surface area contributed by atoms with Gasteiger partial charge in [-0.25, -0.2) is 4.39 Å². The Morgan fingerprint density at radius 1 is 1.47 bits per heavy atom. The van der Waals surface area contributed by atoms with Crippen LogP contribution in [0.25, 0.3) is 0 Å². The fraction of sp³-hybridized carbons (Fsp3) is 0.364. The van der Waals surface area contributed by atoms with Gasteiger partial charge in [-0.05, 0) is 18.6 Å². The van der Waals surface area contributed by atoms with Crippen LogP contribution in [0.15, 0.2) is 12.1 Å². The third-order valence-electron chi connectivity index (χ3n) is 2.40. The van der Waals surface area contributed by atoms with E-state index in [0.29, 0.717) is 12.0 Å². The molecule has 1 aromatic carbocycles. The zero-order chi connectivity index (χ0) is 14.6. The molecule has 0 heterocycles. The number of halogens is 2. The first-order valence-electron chi connectivity index (χ1n) is 5.46. The van der Waals surface area contributed by atoms with Gasteiger partial charge in [0.1, 0.15) is 5.82 Å². The number of carbonyl (C=O) groups excluding carboxylic acids is 1. The lowest BCUT2D eigenvalue weighted by molar-refractivity contribution is 0.0955. The molecule has 0 saturated carbocycles. The van der Waals surface area contributed by atoms with Crippen molar-refractivity contribution in [2.45, 2.75) is 13.3 Å². The summed E-state index contributed by atoms with van der Waals surface area (Å²) in [6, 6.07) is 2.35. The normalized spacial score (nSPS) is 11.4. The van der Waals surface area contributed by atoms with Gasteiger partial charge in [-0.15, -0.1) is 0 Å². The maximum absolute atomic E-state index is 13.6. The molecule has 1 rings (SSSR count). The lowest BCUT2D eigenvalue weighted by atomic mass is 10.1. The summed E-state index contributed by atoms with van der Waals surface area (Å²) in [7, 11) is -4.14. The highest BCUT2D eigenvalue weighted by Crippen LogP contribution is 2.22. The van der Waals surface area contributed by atoms with Crippen LogP contribution < -0.4 is 5.32 Å². The molecule has 1 amide bonds. The average molecular weight is 310 g/mol. The third kappa shape index (κ3) is 4.77. The second-order valence-corrected chi connectivity index (χ2v) is 5.79. The number of hydrogen-bond acceptors (Lipinski definition) is 3. The van der Waals surface area contributed by atoms with Crippen LogP contribution >= 0.6 is 11.6 Å². The zero-order valence-electron chi connectivity index (χ0n) is 10.1. The summed E-state index contributed by atoms with van der Waals surface area (Å²) in [4.78, 5) is 11.6. The van der Waals surface area contributed by atoms with Gasteiger partial charge < -0.3 is 5.32 Å². The Morgan fingerprint density at radius 3 is 2.58 bits per heavy atom. The lowest BCUT2D eigenvalue weighted by Crippen LogP contribution is -2.29. The first-order chi connectivity index (χ1) is 8.74. The molecule has 0 aliphatic carbocycles. The molecule has 106 valence electrons. The Balaban J connectivity index is 2.78. The molecule has 19 heavy (non-hydrogen) atoms. The minimum atomic E-state index is -4.14. The van der Waals surface area contributed by atoms with Crippen LogP contribution in [0.3, 0.4) is 0 Å². The lowest BCUT2D eigenvalue weighted by Gasteiger charge is -2.08. The first kappa shape index (κ1) is 15.9. The van der Waals surface area contributed by atoms with Gasteiger partial charge in [-0.2, -0.15) is 8.42 Å². The zero-order valence-corrected chi connectivity index (χ0v) is 11.7. The standard InChI is InChI=1S/C11H13ClFNO4S/c1-2-8-9(12)5-7(6-10(8)13)11(15)14-3-4-19(16,17)18/h5-6H,2-4H2,1H3,(H,14,15)(H,16,17,18). The summed E-state index contributed by atoms with van der Waals surface area (Å²) < 4.78 is 43.0. The molecule has 8 heteroatoms. The second kappa shape index (κ2) is 6.31. The van der Waals surface area contributed by atoms with Crippen LogP contribution in [0.1, 0.15) is 22.8 Å². The molecular formula is C11H13ClFNO4S. The van der Waals surface area contributed by atoms with Crippen molar-refractivity contribution in [3.05, 3.63) is 34.1 Å². The Labute approximate surface area is 115 Å². The first-order valence-corrected chi connectivity index (χ1v) is 7.44. The summed E-state index contributed by atoms with van der Waals surface area (Å²) in [6.45, 7) is 1.46. The van der Waals surface area contributed by atoms with E-state index in [0.717, 1.165) is 6.07 Å². The van der Waals surface area contributed by atoms with Crippen LogP contribution in [-0.2, 0) is 16.5 Å². The van der Waals surface area contributed by atoms with Gasteiger partial charge in [0.05, 0.1) is 5.75 Å². The number of carbonyl (C=O) groups is 1. The minimum absolute atomic E-state index is 0.00459. The Hall–Kier alpha value is -1.18. The maximum atomic E-state index is 13.6. The summed E-state index contributed by atoms with van der Waals surface area (Å²) in [5, 5.41) is 2.39. The van der Waals surface area contributed by atoms with E-state index in [1.54, 1.807) is 6.92 Å². The minimum Gasteiger partial charge on any atom is -0.351 e. The molecule has 0 unspecified atom stereocenters. The van der Waals surface area contributed by atoms with E-state index in [-0.39, 0.29) is 17.1 Å². The van der Waals surface area contributed by atoms with E-state index in [4.69, 9.17) is 16.2 Å². The predicted molar refractivity (Wildman–Crippen MR) is 69.5 cm³/mol. The third-order valence-corrected chi connectivity index (χ3v) is 3.46. The summed E-state index contributed by atoms with van der Waals surface area (Å²) in [6.07, 6.45) is 0.398. The van der Waals surface area contributed by atoms with Crippen LogP contribution in [0.2, 0.25) is 5.02 Å². The number of benzene rings is 1. The fourth-order valence-corrected chi connectivity index (χ4v) is 2.17. The predicted octanol–water partition coefficient (Wildman–Crippen LogP) is 1.66. The topological polar surface area (TPSA) is 83.5 Å². The van der Waals surface area contributed by atoms with Crippen molar-refractivity contribution in [3.63, 3.8) is 0 Å². The quantitative estimate of drug-likeness (QED) is 0.810. The summed E-state index contributed by atoms with van der Waals surface area (Å²) in [5.41, 5.74) is 0.311. The Bertz CT molecular complexity index is 565. The molecule has 0 radical (unpaired) electrons. The Morgan fingerprint density at radius 2 is 2.11 bits per heavy atom. The highest BCUT2D eigenvalue weighted by molar-refractivity contribution is 7.85. The molecule has 0 fully saturated rings. The number of rotatable bonds is 5. The Kier molecular flexibility index (Phi) is 5.28. The maximum Gasteiger partial charge on any atom is 0.266 e. The molecule has 0 atom stereocenters. The van der Waals surface area contributed by atoms with Crippen LogP contribution in [0.5, 0.6) is 0 Å². The average Bonchev–Trinajstić information content (AvgIpc) is 2.26. The van der Waals surface area contributed by atoms with Crippen molar-refractivity contribution in [2.75, 3.05) is 12.3 Å². The molecule has 0 aliphatic rings. The molecule has 0 aromatic heterocycles. The van der Waals surface area contributed by atoms with Gasteiger partial charge >= 0.3 is 0 Å². The highest BCUT2D eigenvalue weighted by atomic mass is 35.5. The van der Waals surface area contributed by atoms with E-state index in [2.05, 4.69) is 5.32 Å². The van der Waals surface area contributed by atoms with E-state index in [9.17, 15) is 17.6 Å². The van der Waals surface area contributed by atoms with Crippen molar-refractivity contribution in [1.82, 2.24) is 5.32 Å². The van der Waals surface area contributed by atoms with Crippen molar-refractivity contribution in [3.8, 4) is 0 Å². The van der Waals surface area contributed by atoms with E-state index in [1.165, 1.54) is 6.07 Å². The van der Waals surface area contributed by atoms with Crippen molar-refractivity contribution < 1.29 is 22.2 Å². The number of amides is 1. The molecular weight excluding hydrogens is 297 g/mol. The van der Waals surface area contributed by atoms with E-state index < -0.39 is 27.6 Å². The molecule has 1 aromatic rings. The molecule has 0 saturated heterocycles. The van der Waals surface area contributed by atoms with Gasteiger partial charge in [-0.1, -0.05) is 18.5 Å². The van der Waals surface area contributed by atoms with E-state index >= 15 is 0 Å². The molecule has 5 nitrogen and oxygen atoms in total. The van der Waals surface area contributed by atoms with Gasteiger partial charge in [0.25, 0.3) is 16.0 Å². The van der Waals surface area contributed by atoms with Crippen LogP contribution in [0, 0.1) is 5.82 Å². The fourth-order valence-electron chi connectivity index (χ4n) is 1.47. The van der Waals surface area contributed by atoms with E-state index in [1.807, 2.05) is 0 Å². The number of nitrogens with one attached hydrogen (secondary N) is 1. The molecule has 0 spiro atoms. The van der Waals surface area contributed by atoms with Gasteiger partial charge in [0.2, 0.25) is 0 Å². The molecule has 2 N–H and O–H groups in total. The second-order valence-electron chi connectivity index (χ2n) is 3.81. The smallest absolute Gasteiger partial charge is 0.266 e. The monoisotopic (exact) mass is 309 g/mol. The SMILES string of the molecule is CCc1c(F)cc(C(=O)NCCS(=O)(=O)O)cc1Cl. The van der Waals surface area contributed by atoms with Gasteiger partial charge in [0.15, 0.2) is 0 Å². The van der Waals surface area contributed by atoms with Crippen molar-refractivity contribution in [1.29, 1.82) is 0 Å². The van der Waals surface area contributed by atoms with Crippen molar-refractivity contribution in [2.24, 2.45) is 0 Å². The highest BCUT2D eigenvalue weighted by Gasteiger charge is 2.13. The van der Waals surface area contributed by atoms with Gasteiger partial charge in [0, 0.05) is 22.7 Å². The largest absolute Gasteiger partial charge is 0.351 e.